The largest absolute Gasteiger partial charge is 0.382 e. The van der Waals surface area contributed by atoms with Crippen LogP contribution in [0.2, 0.25) is 0 Å². The quantitative estimate of drug-likeness (QED) is 0.784. The summed E-state index contributed by atoms with van der Waals surface area (Å²) in [6, 6.07) is 9.08. The molecule has 0 saturated heterocycles. The van der Waals surface area contributed by atoms with E-state index in [9.17, 15) is 8.42 Å². The van der Waals surface area contributed by atoms with Crippen molar-refractivity contribution in [2.24, 2.45) is 0 Å². The molecule has 0 aliphatic rings. The Morgan fingerprint density at radius 2 is 1.73 bits per heavy atom. The molecule has 4 heteroatoms. The molecule has 0 aliphatic carbocycles. The maximum atomic E-state index is 11.6. The van der Waals surface area contributed by atoms with Crippen molar-refractivity contribution in [1.82, 2.24) is 4.90 Å². The lowest BCUT2D eigenvalue weighted by atomic mass is 10.2. The van der Waals surface area contributed by atoms with E-state index in [4.69, 9.17) is 0 Å². The average Bonchev–Trinajstić information content (AvgIpc) is 2.14. The third-order valence-corrected chi connectivity index (χ3v) is 2.97. The van der Waals surface area contributed by atoms with Gasteiger partial charge < -0.3 is 4.90 Å². The van der Waals surface area contributed by atoms with Crippen molar-refractivity contribution < 1.29 is 8.42 Å². The van der Waals surface area contributed by atoms with E-state index in [0.29, 0.717) is 10.5 Å². The molecule has 3 nitrogen and oxygen atoms in total. The van der Waals surface area contributed by atoms with Crippen molar-refractivity contribution in [1.29, 1.82) is 0 Å². The smallest absolute Gasteiger partial charge is 0.177 e. The molecule has 0 atom stereocenters. The van der Waals surface area contributed by atoms with Crippen LogP contribution in [0.3, 0.4) is 0 Å². The Labute approximate surface area is 91.0 Å². The lowest BCUT2D eigenvalue weighted by molar-refractivity contribution is 0.564. The SMILES string of the molecule is CN(C)C=C(c1ccccc1)S(C)(=O)=O. The first-order valence-corrected chi connectivity index (χ1v) is 6.44. The first-order chi connectivity index (χ1) is 6.91. The summed E-state index contributed by atoms with van der Waals surface area (Å²) in [4.78, 5) is 2.07. The molecule has 1 aromatic carbocycles. The highest BCUT2D eigenvalue weighted by Gasteiger charge is 2.13. The Hall–Kier alpha value is -1.29. The summed E-state index contributed by atoms with van der Waals surface area (Å²) in [5, 5.41) is 0. The molecule has 0 amide bonds. The molecule has 0 bridgehead atoms. The van der Waals surface area contributed by atoms with Gasteiger partial charge in [0, 0.05) is 26.6 Å². The normalized spacial score (nSPS) is 12.6. The van der Waals surface area contributed by atoms with Crippen molar-refractivity contribution >= 4 is 14.7 Å². The van der Waals surface area contributed by atoms with Crippen molar-refractivity contribution in [3.63, 3.8) is 0 Å². The topological polar surface area (TPSA) is 37.4 Å². The van der Waals surface area contributed by atoms with Crippen LogP contribution in [0.15, 0.2) is 36.5 Å². The second kappa shape index (κ2) is 4.49. The van der Waals surface area contributed by atoms with Gasteiger partial charge in [-0.25, -0.2) is 8.42 Å². The van der Waals surface area contributed by atoms with E-state index in [2.05, 4.69) is 0 Å². The molecule has 15 heavy (non-hydrogen) atoms. The van der Waals surface area contributed by atoms with E-state index in [1.54, 1.807) is 37.3 Å². The van der Waals surface area contributed by atoms with Gasteiger partial charge in [-0.3, -0.25) is 0 Å². The molecule has 0 heterocycles. The fourth-order valence-corrected chi connectivity index (χ4v) is 2.19. The second-order valence-corrected chi connectivity index (χ2v) is 5.58. The van der Waals surface area contributed by atoms with Crippen LogP contribution < -0.4 is 0 Å². The number of hydrogen-bond donors (Lipinski definition) is 0. The third kappa shape index (κ3) is 3.40. The average molecular weight is 225 g/mol. The molecule has 0 saturated carbocycles. The van der Waals surface area contributed by atoms with Crippen molar-refractivity contribution in [2.75, 3.05) is 20.4 Å². The van der Waals surface area contributed by atoms with Crippen LogP contribution in [0.25, 0.3) is 4.91 Å². The van der Waals surface area contributed by atoms with Crippen molar-refractivity contribution in [3.05, 3.63) is 42.1 Å². The molecular formula is C11H15NO2S. The minimum atomic E-state index is -3.19. The predicted molar refractivity (Wildman–Crippen MR) is 62.9 cm³/mol. The van der Waals surface area contributed by atoms with Crippen LogP contribution in [0.1, 0.15) is 5.56 Å². The van der Waals surface area contributed by atoms with Crippen LogP contribution in [-0.4, -0.2) is 33.7 Å². The van der Waals surface area contributed by atoms with E-state index >= 15 is 0 Å². The molecule has 1 aromatic rings. The molecule has 1 rings (SSSR count). The standard InChI is InChI=1S/C11H15NO2S/c1-12(2)9-11(15(3,13)14)10-7-5-4-6-8-10/h4-9H,1-3H3. The molecule has 0 radical (unpaired) electrons. The van der Waals surface area contributed by atoms with Gasteiger partial charge in [-0.05, 0) is 5.56 Å². The number of rotatable bonds is 3. The Balaban J connectivity index is 3.27. The lowest BCUT2D eigenvalue weighted by Crippen LogP contribution is -2.08. The molecular weight excluding hydrogens is 210 g/mol. The van der Waals surface area contributed by atoms with Crippen LogP contribution >= 0.6 is 0 Å². The molecule has 82 valence electrons. The fourth-order valence-electron chi connectivity index (χ4n) is 1.22. The summed E-state index contributed by atoms with van der Waals surface area (Å²) in [6.45, 7) is 0. The summed E-state index contributed by atoms with van der Waals surface area (Å²) in [5.74, 6) is 0. The summed E-state index contributed by atoms with van der Waals surface area (Å²) < 4.78 is 23.1. The Kier molecular flexibility index (Phi) is 3.52. The number of hydrogen-bond acceptors (Lipinski definition) is 3. The molecule has 0 aliphatic heterocycles. The lowest BCUT2D eigenvalue weighted by Gasteiger charge is -2.10. The zero-order chi connectivity index (χ0) is 11.5. The van der Waals surface area contributed by atoms with Gasteiger partial charge in [0.25, 0.3) is 0 Å². The molecule has 0 unspecified atom stereocenters. The van der Waals surface area contributed by atoms with E-state index in [1.165, 1.54) is 6.26 Å². The highest BCUT2D eigenvalue weighted by atomic mass is 32.2. The maximum absolute atomic E-state index is 11.6. The van der Waals surface area contributed by atoms with Gasteiger partial charge >= 0.3 is 0 Å². The predicted octanol–water partition coefficient (Wildman–Crippen LogP) is 1.59. The fraction of sp³-hybridized carbons (Fsp3) is 0.273. The van der Waals surface area contributed by atoms with Gasteiger partial charge in [0.05, 0.1) is 4.91 Å². The van der Waals surface area contributed by atoms with E-state index in [-0.39, 0.29) is 0 Å². The molecule has 0 spiro atoms. The van der Waals surface area contributed by atoms with Crippen molar-refractivity contribution in [3.8, 4) is 0 Å². The van der Waals surface area contributed by atoms with Gasteiger partial charge in [-0.15, -0.1) is 0 Å². The van der Waals surface area contributed by atoms with Gasteiger partial charge in [0.15, 0.2) is 9.84 Å². The number of sulfone groups is 1. The van der Waals surface area contributed by atoms with E-state index in [0.717, 1.165) is 0 Å². The van der Waals surface area contributed by atoms with Gasteiger partial charge in [-0.1, -0.05) is 30.3 Å². The number of benzene rings is 1. The zero-order valence-electron chi connectivity index (χ0n) is 9.14. The first kappa shape index (κ1) is 11.8. The zero-order valence-corrected chi connectivity index (χ0v) is 9.95. The van der Waals surface area contributed by atoms with E-state index in [1.807, 2.05) is 18.2 Å². The monoisotopic (exact) mass is 225 g/mol. The summed E-state index contributed by atoms with van der Waals surface area (Å²) >= 11 is 0. The maximum Gasteiger partial charge on any atom is 0.177 e. The highest BCUT2D eigenvalue weighted by molar-refractivity contribution is 7.99. The Morgan fingerprint density at radius 3 is 2.13 bits per heavy atom. The van der Waals surface area contributed by atoms with Crippen LogP contribution in [0, 0.1) is 0 Å². The van der Waals surface area contributed by atoms with Crippen LogP contribution in [0.4, 0.5) is 0 Å². The van der Waals surface area contributed by atoms with E-state index < -0.39 is 9.84 Å². The summed E-state index contributed by atoms with van der Waals surface area (Å²) in [5.41, 5.74) is 0.716. The van der Waals surface area contributed by atoms with Crippen molar-refractivity contribution in [2.45, 2.75) is 0 Å². The van der Waals surface area contributed by atoms with Gasteiger partial charge in [0.1, 0.15) is 0 Å². The molecule has 0 aromatic heterocycles. The molecule has 0 fully saturated rings. The minimum Gasteiger partial charge on any atom is -0.382 e. The van der Waals surface area contributed by atoms with Crippen LogP contribution in [0.5, 0.6) is 0 Å². The van der Waals surface area contributed by atoms with Crippen LogP contribution in [-0.2, 0) is 9.84 Å². The molecule has 0 N–H and O–H groups in total. The number of nitrogens with zero attached hydrogens (tertiary/aromatic N) is 1. The minimum absolute atomic E-state index is 0.341. The Bertz CT molecular complexity index is 447. The first-order valence-electron chi connectivity index (χ1n) is 4.55. The third-order valence-electron chi connectivity index (χ3n) is 1.83. The highest BCUT2D eigenvalue weighted by Crippen LogP contribution is 2.19. The van der Waals surface area contributed by atoms with Gasteiger partial charge in [-0.2, -0.15) is 0 Å². The summed E-state index contributed by atoms with van der Waals surface area (Å²) in [7, 11) is 0.406. The Morgan fingerprint density at radius 1 is 1.20 bits per heavy atom. The second-order valence-electron chi connectivity index (χ2n) is 3.60. The van der Waals surface area contributed by atoms with Gasteiger partial charge in [0.2, 0.25) is 0 Å². The summed E-state index contributed by atoms with van der Waals surface area (Å²) in [6.07, 6.45) is 2.83.